The number of hydrogen-bond acceptors (Lipinski definition) is 3. The largest absolute Gasteiger partial charge is 0.508 e. The second kappa shape index (κ2) is 5.49. The van der Waals surface area contributed by atoms with Crippen LogP contribution in [-0.2, 0) is 6.61 Å². The van der Waals surface area contributed by atoms with E-state index >= 15 is 0 Å². The van der Waals surface area contributed by atoms with Crippen LogP contribution in [0.1, 0.15) is 30.0 Å². The van der Waals surface area contributed by atoms with Crippen LogP contribution in [0.4, 0.5) is 0 Å². The number of aliphatic hydroxyl groups excluding tert-OH is 1. The number of aryl methyl sites for hydroxylation is 1. The summed E-state index contributed by atoms with van der Waals surface area (Å²) in [7, 11) is 0. The molecule has 24 heavy (non-hydrogen) atoms. The Hall–Kier alpha value is -2.59. The van der Waals surface area contributed by atoms with Gasteiger partial charge in [-0.05, 0) is 66.3 Å². The van der Waals surface area contributed by atoms with Crippen molar-refractivity contribution in [2.45, 2.75) is 32.4 Å². The summed E-state index contributed by atoms with van der Waals surface area (Å²) in [5, 5.41) is 20.1. The fourth-order valence-electron chi connectivity index (χ4n) is 3.36. The van der Waals surface area contributed by atoms with Crippen LogP contribution in [0.25, 0.3) is 22.0 Å². The highest BCUT2D eigenvalue weighted by Gasteiger charge is 2.27. The molecule has 1 fully saturated rings. The summed E-state index contributed by atoms with van der Waals surface area (Å²) in [6.07, 6.45) is 2.05. The third kappa shape index (κ3) is 2.39. The molecule has 1 heterocycles. The molecule has 0 saturated heterocycles. The first-order valence-corrected chi connectivity index (χ1v) is 8.17. The van der Waals surface area contributed by atoms with Crippen molar-refractivity contribution in [3.8, 4) is 16.9 Å². The zero-order valence-corrected chi connectivity index (χ0v) is 13.5. The standard InChI is InChI=1S/C20H19NO3/c1-12-8-18-14(11-22)9-20(24)21(15-4-5-15)19(18)10-17(12)13-2-6-16(23)7-3-13/h2-3,6-10,15,22-23H,4-5,11H2,1H3. The number of pyridine rings is 1. The van der Waals surface area contributed by atoms with Crippen molar-refractivity contribution in [2.75, 3.05) is 0 Å². The molecule has 0 spiro atoms. The minimum atomic E-state index is -0.144. The second-order valence-electron chi connectivity index (χ2n) is 6.50. The van der Waals surface area contributed by atoms with Gasteiger partial charge in [-0.25, -0.2) is 0 Å². The lowest BCUT2D eigenvalue weighted by Gasteiger charge is -2.16. The molecule has 1 aliphatic rings. The van der Waals surface area contributed by atoms with Crippen molar-refractivity contribution in [3.05, 3.63) is 63.9 Å². The number of nitrogens with zero attached hydrogens (tertiary/aromatic N) is 1. The Morgan fingerprint density at radius 3 is 2.46 bits per heavy atom. The van der Waals surface area contributed by atoms with Gasteiger partial charge in [-0.3, -0.25) is 4.79 Å². The van der Waals surface area contributed by atoms with Crippen LogP contribution in [0, 0.1) is 6.92 Å². The molecule has 0 unspecified atom stereocenters. The lowest BCUT2D eigenvalue weighted by molar-refractivity contribution is 0.283. The van der Waals surface area contributed by atoms with Crippen LogP contribution in [-0.4, -0.2) is 14.8 Å². The average Bonchev–Trinajstić information content (AvgIpc) is 3.39. The molecular formula is C20H19NO3. The van der Waals surface area contributed by atoms with Crippen molar-refractivity contribution < 1.29 is 10.2 Å². The van der Waals surface area contributed by atoms with E-state index in [1.165, 1.54) is 0 Å². The monoisotopic (exact) mass is 321 g/mol. The molecule has 1 aliphatic carbocycles. The molecular weight excluding hydrogens is 302 g/mol. The minimum Gasteiger partial charge on any atom is -0.508 e. The maximum absolute atomic E-state index is 12.5. The summed E-state index contributed by atoms with van der Waals surface area (Å²) < 4.78 is 1.86. The van der Waals surface area contributed by atoms with E-state index < -0.39 is 0 Å². The zero-order chi connectivity index (χ0) is 16.8. The van der Waals surface area contributed by atoms with Gasteiger partial charge in [0.1, 0.15) is 5.75 Å². The number of fused-ring (bicyclic) bond motifs is 1. The van der Waals surface area contributed by atoms with E-state index in [0.29, 0.717) is 5.56 Å². The van der Waals surface area contributed by atoms with Crippen LogP contribution in [0.5, 0.6) is 5.75 Å². The lowest BCUT2D eigenvalue weighted by Crippen LogP contribution is -2.20. The number of aromatic nitrogens is 1. The van der Waals surface area contributed by atoms with Gasteiger partial charge < -0.3 is 14.8 Å². The van der Waals surface area contributed by atoms with Gasteiger partial charge in [-0.2, -0.15) is 0 Å². The highest BCUT2D eigenvalue weighted by atomic mass is 16.3. The van der Waals surface area contributed by atoms with E-state index in [1.54, 1.807) is 18.2 Å². The molecule has 0 bridgehead atoms. The van der Waals surface area contributed by atoms with Gasteiger partial charge in [-0.1, -0.05) is 12.1 Å². The molecule has 4 heteroatoms. The Kier molecular flexibility index (Phi) is 3.43. The van der Waals surface area contributed by atoms with Crippen LogP contribution in [0.3, 0.4) is 0 Å². The van der Waals surface area contributed by atoms with E-state index in [-0.39, 0.29) is 24.0 Å². The van der Waals surface area contributed by atoms with Gasteiger partial charge in [0.05, 0.1) is 12.1 Å². The molecule has 122 valence electrons. The van der Waals surface area contributed by atoms with Gasteiger partial charge in [0.25, 0.3) is 5.56 Å². The highest BCUT2D eigenvalue weighted by molar-refractivity contribution is 5.89. The maximum Gasteiger partial charge on any atom is 0.251 e. The van der Waals surface area contributed by atoms with Crippen molar-refractivity contribution in [1.29, 1.82) is 0 Å². The van der Waals surface area contributed by atoms with Crippen LogP contribution < -0.4 is 5.56 Å². The molecule has 0 aliphatic heterocycles. The third-order valence-corrected chi connectivity index (χ3v) is 4.74. The quantitative estimate of drug-likeness (QED) is 0.776. The maximum atomic E-state index is 12.5. The fraction of sp³-hybridized carbons (Fsp3) is 0.250. The molecule has 0 radical (unpaired) electrons. The molecule has 2 N–H and O–H groups in total. The number of aliphatic hydroxyl groups is 1. The van der Waals surface area contributed by atoms with E-state index in [2.05, 4.69) is 0 Å². The van der Waals surface area contributed by atoms with Gasteiger partial charge in [-0.15, -0.1) is 0 Å². The van der Waals surface area contributed by atoms with Crippen molar-refractivity contribution in [1.82, 2.24) is 4.57 Å². The normalized spacial score (nSPS) is 14.2. The van der Waals surface area contributed by atoms with Crippen LogP contribution in [0.15, 0.2) is 47.3 Å². The fourth-order valence-corrected chi connectivity index (χ4v) is 3.36. The van der Waals surface area contributed by atoms with Gasteiger partial charge >= 0.3 is 0 Å². The van der Waals surface area contributed by atoms with Crippen molar-refractivity contribution >= 4 is 10.9 Å². The van der Waals surface area contributed by atoms with E-state index in [9.17, 15) is 15.0 Å². The van der Waals surface area contributed by atoms with E-state index in [4.69, 9.17) is 0 Å². The molecule has 3 aromatic rings. The summed E-state index contributed by atoms with van der Waals surface area (Å²) in [5.74, 6) is 0.231. The number of aromatic hydroxyl groups is 1. The Morgan fingerprint density at radius 2 is 1.83 bits per heavy atom. The summed E-state index contributed by atoms with van der Waals surface area (Å²) in [5.41, 5.74) is 4.61. The number of phenolic OH excluding ortho intramolecular Hbond substituents is 1. The number of phenols is 1. The lowest BCUT2D eigenvalue weighted by atomic mass is 9.96. The molecule has 4 rings (SSSR count). The first kappa shape index (κ1) is 15.0. The summed E-state index contributed by atoms with van der Waals surface area (Å²) >= 11 is 0. The van der Waals surface area contributed by atoms with Gasteiger partial charge in [0.2, 0.25) is 0 Å². The molecule has 1 aromatic heterocycles. The topological polar surface area (TPSA) is 62.5 Å². The molecule has 2 aromatic carbocycles. The van der Waals surface area contributed by atoms with Crippen LogP contribution >= 0.6 is 0 Å². The Balaban J connectivity index is 2.03. The predicted octanol–water partition coefficient (Wildman–Crippen LogP) is 3.51. The Morgan fingerprint density at radius 1 is 1.12 bits per heavy atom. The average molecular weight is 321 g/mol. The third-order valence-electron chi connectivity index (χ3n) is 4.74. The Bertz CT molecular complexity index is 982. The smallest absolute Gasteiger partial charge is 0.251 e. The number of benzene rings is 2. The molecule has 1 saturated carbocycles. The van der Waals surface area contributed by atoms with Crippen LogP contribution in [0.2, 0.25) is 0 Å². The first-order chi connectivity index (χ1) is 11.6. The zero-order valence-electron chi connectivity index (χ0n) is 13.5. The summed E-state index contributed by atoms with van der Waals surface area (Å²) in [6, 6.07) is 13.0. The predicted molar refractivity (Wildman–Crippen MR) is 94.2 cm³/mol. The second-order valence-corrected chi connectivity index (χ2v) is 6.50. The SMILES string of the molecule is Cc1cc2c(CO)cc(=O)n(C3CC3)c2cc1-c1ccc(O)cc1. The Labute approximate surface area is 139 Å². The summed E-state index contributed by atoms with van der Waals surface area (Å²) in [4.78, 5) is 12.5. The number of rotatable bonds is 3. The number of hydrogen-bond donors (Lipinski definition) is 2. The molecule has 4 nitrogen and oxygen atoms in total. The van der Waals surface area contributed by atoms with E-state index in [1.807, 2.05) is 35.8 Å². The molecule has 0 atom stereocenters. The minimum absolute atomic E-state index is 0.0467. The highest BCUT2D eigenvalue weighted by Crippen LogP contribution is 2.38. The van der Waals surface area contributed by atoms with E-state index in [0.717, 1.165) is 40.4 Å². The van der Waals surface area contributed by atoms with Crippen molar-refractivity contribution in [2.24, 2.45) is 0 Å². The van der Waals surface area contributed by atoms with Gasteiger partial charge in [0.15, 0.2) is 0 Å². The molecule has 0 amide bonds. The first-order valence-electron chi connectivity index (χ1n) is 8.17. The van der Waals surface area contributed by atoms with Crippen molar-refractivity contribution in [3.63, 3.8) is 0 Å². The van der Waals surface area contributed by atoms with Gasteiger partial charge in [0, 0.05) is 17.5 Å². The summed E-state index contributed by atoms with van der Waals surface area (Å²) in [6.45, 7) is 1.88.